The maximum atomic E-state index is 12.9. The van der Waals surface area contributed by atoms with E-state index in [2.05, 4.69) is 10.3 Å². The first-order valence-electron chi connectivity index (χ1n) is 9.99. The fourth-order valence-corrected chi connectivity index (χ4v) is 4.43. The predicted molar refractivity (Wildman–Crippen MR) is 123 cm³/mol. The maximum absolute atomic E-state index is 12.9. The molecule has 0 aromatic heterocycles. The third kappa shape index (κ3) is 5.21. The molecule has 0 saturated carbocycles. The summed E-state index contributed by atoms with van der Waals surface area (Å²) in [6, 6.07) is 13.2. The summed E-state index contributed by atoms with van der Waals surface area (Å²) < 4.78 is 5.18. The van der Waals surface area contributed by atoms with E-state index < -0.39 is 5.25 Å². The lowest BCUT2D eigenvalue weighted by atomic mass is 10.1. The zero-order valence-electron chi connectivity index (χ0n) is 17.8. The zero-order chi connectivity index (χ0) is 21.7. The van der Waals surface area contributed by atoms with Gasteiger partial charge in [-0.3, -0.25) is 14.5 Å². The minimum Gasteiger partial charge on any atom is -0.497 e. The quantitative estimate of drug-likeness (QED) is 0.699. The standard InChI is InChI=1S/C23H27N3O3S/c1-5-12-26-22(28)20(14-21(27)25-19-11-6-15(2)13-16(19)3)30-23(26)24-17-7-9-18(29-4)10-8-17/h6-11,13,20H,5,12,14H2,1-4H3,(H,25,27)/t20-/m0/s1. The molecule has 2 amide bonds. The van der Waals surface area contributed by atoms with Gasteiger partial charge in [-0.05, 0) is 56.2 Å². The molecule has 1 aliphatic rings. The van der Waals surface area contributed by atoms with Gasteiger partial charge in [0.2, 0.25) is 11.8 Å². The number of ether oxygens (including phenoxy) is 1. The minimum absolute atomic E-state index is 0.0649. The van der Waals surface area contributed by atoms with Crippen molar-refractivity contribution >= 4 is 40.1 Å². The van der Waals surface area contributed by atoms with Gasteiger partial charge in [0.15, 0.2) is 5.17 Å². The first-order valence-corrected chi connectivity index (χ1v) is 10.9. The molecule has 7 heteroatoms. The summed E-state index contributed by atoms with van der Waals surface area (Å²) in [7, 11) is 1.61. The largest absolute Gasteiger partial charge is 0.497 e. The number of aryl methyl sites for hydroxylation is 2. The Labute approximate surface area is 181 Å². The highest BCUT2D eigenvalue weighted by Crippen LogP contribution is 2.32. The number of carbonyl (C=O) groups is 2. The van der Waals surface area contributed by atoms with E-state index in [0.717, 1.165) is 34.7 Å². The van der Waals surface area contributed by atoms with E-state index in [1.165, 1.54) is 11.8 Å². The van der Waals surface area contributed by atoms with Gasteiger partial charge in [-0.1, -0.05) is 36.4 Å². The van der Waals surface area contributed by atoms with Crippen molar-refractivity contribution in [2.45, 2.75) is 38.9 Å². The van der Waals surface area contributed by atoms with Gasteiger partial charge in [-0.25, -0.2) is 4.99 Å². The van der Waals surface area contributed by atoms with Crippen LogP contribution in [0.2, 0.25) is 0 Å². The Morgan fingerprint density at radius 1 is 1.20 bits per heavy atom. The van der Waals surface area contributed by atoms with Crippen molar-refractivity contribution in [2.24, 2.45) is 4.99 Å². The van der Waals surface area contributed by atoms with Crippen molar-refractivity contribution in [2.75, 3.05) is 19.0 Å². The van der Waals surface area contributed by atoms with Gasteiger partial charge in [0.05, 0.1) is 12.8 Å². The highest BCUT2D eigenvalue weighted by Gasteiger charge is 2.38. The second kappa shape index (κ2) is 9.80. The summed E-state index contributed by atoms with van der Waals surface area (Å²) in [6.45, 7) is 6.57. The minimum atomic E-state index is -0.473. The zero-order valence-corrected chi connectivity index (χ0v) is 18.6. The van der Waals surface area contributed by atoms with Crippen molar-refractivity contribution in [3.63, 3.8) is 0 Å². The highest BCUT2D eigenvalue weighted by atomic mass is 32.2. The summed E-state index contributed by atoms with van der Waals surface area (Å²) in [5, 5.41) is 3.09. The molecule has 0 unspecified atom stereocenters. The van der Waals surface area contributed by atoms with Crippen molar-refractivity contribution in [3.05, 3.63) is 53.6 Å². The fourth-order valence-electron chi connectivity index (χ4n) is 3.25. The summed E-state index contributed by atoms with van der Waals surface area (Å²) in [5.74, 6) is 0.514. The molecule has 0 bridgehead atoms. The van der Waals surface area contributed by atoms with Gasteiger partial charge >= 0.3 is 0 Å². The first kappa shape index (κ1) is 21.9. The number of thioether (sulfide) groups is 1. The summed E-state index contributed by atoms with van der Waals surface area (Å²) in [4.78, 5) is 31.9. The molecule has 0 radical (unpaired) electrons. The molecule has 1 N–H and O–H groups in total. The van der Waals surface area contributed by atoms with Crippen LogP contribution in [0.4, 0.5) is 11.4 Å². The van der Waals surface area contributed by atoms with E-state index in [1.54, 1.807) is 12.0 Å². The van der Waals surface area contributed by atoms with Gasteiger partial charge < -0.3 is 10.1 Å². The number of benzene rings is 2. The molecule has 1 aliphatic heterocycles. The molecule has 30 heavy (non-hydrogen) atoms. The Morgan fingerprint density at radius 2 is 1.93 bits per heavy atom. The van der Waals surface area contributed by atoms with Crippen LogP contribution in [0.15, 0.2) is 47.5 Å². The van der Waals surface area contributed by atoms with E-state index >= 15 is 0 Å². The molecule has 1 atom stereocenters. The fraction of sp³-hybridized carbons (Fsp3) is 0.348. The molecule has 3 rings (SSSR count). The number of amides is 2. The van der Waals surface area contributed by atoms with Crippen LogP contribution in [0.25, 0.3) is 0 Å². The molecule has 158 valence electrons. The van der Waals surface area contributed by atoms with E-state index in [1.807, 2.05) is 63.2 Å². The van der Waals surface area contributed by atoms with E-state index in [-0.39, 0.29) is 18.2 Å². The van der Waals surface area contributed by atoms with E-state index in [9.17, 15) is 9.59 Å². The SMILES string of the molecule is CCCN1C(=O)[C@H](CC(=O)Nc2ccc(C)cc2C)SC1=Nc1ccc(OC)cc1. The van der Waals surface area contributed by atoms with Crippen molar-refractivity contribution in [3.8, 4) is 5.75 Å². The van der Waals surface area contributed by atoms with Gasteiger partial charge in [0.1, 0.15) is 11.0 Å². The number of aliphatic imine (C=N–C) groups is 1. The number of methoxy groups -OCH3 is 1. The highest BCUT2D eigenvalue weighted by molar-refractivity contribution is 8.15. The van der Waals surface area contributed by atoms with Gasteiger partial charge in [-0.2, -0.15) is 0 Å². The van der Waals surface area contributed by atoms with Crippen LogP contribution >= 0.6 is 11.8 Å². The Kier molecular flexibility index (Phi) is 7.15. The van der Waals surface area contributed by atoms with Gasteiger partial charge in [-0.15, -0.1) is 0 Å². The van der Waals surface area contributed by atoms with Crippen LogP contribution in [-0.2, 0) is 9.59 Å². The van der Waals surface area contributed by atoms with Crippen LogP contribution in [0.3, 0.4) is 0 Å². The first-order chi connectivity index (χ1) is 14.4. The number of nitrogens with one attached hydrogen (secondary N) is 1. The second-order valence-electron chi connectivity index (χ2n) is 7.26. The number of rotatable bonds is 7. The number of anilines is 1. The van der Waals surface area contributed by atoms with Crippen molar-refractivity contribution in [1.29, 1.82) is 0 Å². The normalized spacial score (nSPS) is 17.5. The van der Waals surface area contributed by atoms with Gasteiger partial charge in [0.25, 0.3) is 0 Å². The van der Waals surface area contributed by atoms with Crippen molar-refractivity contribution in [1.82, 2.24) is 4.90 Å². The molecule has 1 fully saturated rings. The second-order valence-corrected chi connectivity index (χ2v) is 8.43. The molecule has 2 aromatic carbocycles. The summed E-state index contributed by atoms with van der Waals surface area (Å²) in [5.41, 5.74) is 3.66. The molecule has 2 aromatic rings. The number of nitrogens with zero attached hydrogens (tertiary/aromatic N) is 2. The Balaban J connectivity index is 1.72. The molecular weight excluding hydrogens is 398 g/mol. The Hall–Kier alpha value is -2.80. The summed E-state index contributed by atoms with van der Waals surface area (Å²) in [6.07, 6.45) is 0.925. The molecule has 6 nitrogen and oxygen atoms in total. The third-order valence-corrected chi connectivity index (χ3v) is 5.97. The van der Waals surface area contributed by atoms with Crippen LogP contribution in [-0.4, -0.2) is 40.8 Å². The Morgan fingerprint density at radius 3 is 2.57 bits per heavy atom. The number of amidine groups is 1. The molecule has 1 heterocycles. The van der Waals surface area contributed by atoms with Crippen molar-refractivity contribution < 1.29 is 14.3 Å². The van der Waals surface area contributed by atoms with Crippen LogP contribution in [0, 0.1) is 13.8 Å². The molecule has 0 aliphatic carbocycles. The predicted octanol–water partition coefficient (Wildman–Crippen LogP) is 4.68. The molecule has 0 spiro atoms. The number of carbonyl (C=O) groups excluding carboxylic acids is 2. The number of hydrogen-bond donors (Lipinski definition) is 1. The lowest BCUT2D eigenvalue weighted by Crippen LogP contribution is -2.34. The average Bonchev–Trinajstić information content (AvgIpc) is 3.00. The van der Waals surface area contributed by atoms with E-state index in [0.29, 0.717) is 11.7 Å². The maximum Gasteiger partial charge on any atom is 0.242 e. The lowest BCUT2D eigenvalue weighted by Gasteiger charge is -2.15. The smallest absolute Gasteiger partial charge is 0.242 e. The monoisotopic (exact) mass is 425 g/mol. The Bertz CT molecular complexity index is 957. The lowest BCUT2D eigenvalue weighted by molar-refractivity contribution is -0.128. The van der Waals surface area contributed by atoms with Crippen LogP contribution in [0.5, 0.6) is 5.75 Å². The topological polar surface area (TPSA) is 71.0 Å². The molecule has 1 saturated heterocycles. The van der Waals surface area contributed by atoms with Crippen LogP contribution in [0.1, 0.15) is 30.9 Å². The third-order valence-electron chi connectivity index (χ3n) is 4.79. The van der Waals surface area contributed by atoms with Crippen LogP contribution < -0.4 is 10.1 Å². The summed E-state index contributed by atoms with van der Waals surface area (Å²) >= 11 is 1.35. The number of hydrogen-bond acceptors (Lipinski definition) is 5. The molecular formula is C23H27N3O3S. The average molecular weight is 426 g/mol. The van der Waals surface area contributed by atoms with Gasteiger partial charge in [0, 0.05) is 18.7 Å². The van der Waals surface area contributed by atoms with E-state index in [4.69, 9.17) is 4.74 Å².